The van der Waals surface area contributed by atoms with Gasteiger partial charge in [-0.3, -0.25) is 4.98 Å². The van der Waals surface area contributed by atoms with E-state index in [2.05, 4.69) is 32.2 Å². The summed E-state index contributed by atoms with van der Waals surface area (Å²) in [5, 5.41) is 5.50. The zero-order valence-corrected chi connectivity index (χ0v) is 16.3. The van der Waals surface area contributed by atoms with Crippen LogP contribution in [0.5, 0.6) is 0 Å². The van der Waals surface area contributed by atoms with Crippen molar-refractivity contribution in [3.05, 3.63) is 71.5 Å². The Morgan fingerprint density at radius 3 is 2.72 bits per heavy atom. The van der Waals surface area contributed by atoms with Crippen molar-refractivity contribution >= 4 is 28.2 Å². The van der Waals surface area contributed by atoms with E-state index in [0.29, 0.717) is 17.3 Å². The van der Waals surface area contributed by atoms with E-state index in [4.69, 9.17) is 16.1 Å². The van der Waals surface area contributed by atoms with Crippen molar-refractivity contribution in [2.24, 2.45) is 0 Å². The first-order valence-electron chi connectivity index (χ1n) is 9.57. The molecule has 0 bridgehead atoms. The van der Waals surface area contributed by atoms with Gasteiger partial charge in [-0.1, -0.05) is 35.0 Å². The van der Waals surface area contributed by atoms with Crippen molar-refractivity contribution in [3.63, 3.8) is 0 Å². The molecular formula is C22H18ClFN4O. The van der Waals surface area contributed by atoms with E-state index < -0.39 is 5.82 Å². The second kappa shape index (κ2) is 7.44. The number of hydrogen-bond acceptors (Lipinski definition) is 5. The lowest BCUT2D eigenvalue weighted by Gasteiger charge is -2.32. The third kappa shape index (κ3) is 3.44. The Hall–Kier alpha value is -2.99. The fourth-order valence-corrected chi connectivity index (χ4v) is 4.16. The van der Waals surface area contributed by atoms with Crippen LogP contribution in [0.3, 0.4) is 0 Å². The van der Waals surface area contributed by atoms with E-state index in [1.54, 1.807) is 6.07 Å². The molecule has 0 unspecified atom stereocenters. The summed E-state index contributed by atoms with van der Waals surface area (Å²) in [6.07, 6.45) is 3.69. The first-order valence-corrected chi connectivity index (χ1v) is 9.94. The van der Waals surface area contributed by atoms with Crippen LogP contribution >= 0.6 is 11.6 Å². The summed E-state index contributed by atoms with van der Waals surface area (Å²) in [5.74, 6) is 0.811. The van der Waals surface area contributed by atoms with Gasteiger partial charge in [0.1, 0.15) is 5.82 Å². The zero-order valence-electron chi connectivity index (χ0n) is 15.6. The van der Waals surface area contributed by atoms with Crippen LogP contribution in [0.15, 0.2) is 59.3 Å². The number of aromatic nitrogens is 3. The maximum atomic E-state index is 13.3. The summed E-state index contributed by atoms with van der Waals surface area (Å²) in [6.45, 7) is 1.79. The van der Waals surface area contributed by atoms with Crippen molar-refractivity contribution in [1.82, 2.24) is 15.1 Å². The highest BCUT2D eigenvalue weighted by Crippen LogP contribution is 2.34. The molecule has 0 radical (unpaired) electrons. The summed E-state index contributed by atoms with van der Waals surface area (Å²) in [5.41, 5.74) is 2.78. The van der Waals surface area contributed by atoms with Crippen LogP contribution in [0.1, 0.15) is 24.7 Å². The average molecular weight is 409 g/mol. The van der Waals surface area contributed by atoms with E-state index >= 15 is 0 Å². The van der Waals surface area contributed by atoms with E-state index in [9.17, 15) is 4.39 Å². The average Bonchev–Trinajstić information content (AvgIpc) is 3.23. The van der Waals surface area contributed by atoms with Crippen molar-refractivity contribution < 1.29 is 8.91 Å². The number of halogens is 2. The molecule has 2 aromatic heterocycles. The molecule has 3 heterocycles. The molecule has 0 saturated carbocycles. The maximum absolute atomic E-state index is 13.3. The van der Waals surface area contributed by atoms with Crippen LogP contribution in [0, 0.1) is 5.82 Å². The number of rotatable bonds is 3. The molecule has 0 spiro atoms. The van der Waals surface area contributed by atoms with Gasteiger partial charge in [0, 0.05) is 41.8 Å². The Morgan fingerprint density at radius 2 is 1.90 bits per heavy atom. The molecule has 1 aliphatic heterocycles. The van der Waals surface area contributed by atoms with Crippen LogP contribution < -0.4 is 4.90 Å². The molecule has 0 aliphatic carbocycles. The molecule has 7 heteroatoms. The van der Waals surface area contributed by atoms with Crippen LogP contribution in [0.4, 0.5) is 10.1 Å². The first-order chi connectivity index (χ1) is 14.2. The molecule has 0 N–H and O–H groups in total. The molecule has 29 heavy (non-hydrogen) atoms. The molecule has 0 amide bonds. The minimum Gasteiger partial charge on any atom is -0.371 e. The van der Waals surface area contributed by atoms with Gasteiger partial charge in [-0.25, -0.2) is 4.39 Å². The lowest BCUT2D eigenvalue weighted by atomic mass is 9.96. The molecule has 0 atom stereocenters. The molecule has 1 fully saturated rings. The highest BCUT2D eigenvalue weighted by atomic mass is 35.5. The first kappa shape index (κ1) is 18.1. The Labute approximate surface area is 172 Å². The molecule has 2 aromatic carbocycles. The van der Waals surface area contributed by atoms with Crippen molar-refractivity contribution in [2.45, 2.75) is 18.8 Å². The third-order valence-electron chi connectivity index (χ3n) is 5.42. The minimum atomic E-state index is -0.390. The van der Waals surface area contributed by atoms with Crippen LogP contribution in [0.25, 0.3) is 22.3 Å². The number of fused-ring (bicyclic) bond motifs is 1. The monoisotopic (exact) mass is 408 g/mol. The molecule has 146 valence electrons. The summed E-state index contributed by atoms with van der Waals surface area (Å²) < 4.78 is 18.8. The van der Waals surface area contributed by atoms with E-state index in [-0.39, 0.29) is 10.9 Å². The highest BCUT2D eigenvalue weighted by molar-refractivity contribution is 6.33. The summed E-state index contributed by atoms with van der Waals surface area (Å²) in [6, 6.07) is 14.4. The molecule has 5 nitrogen and oxygen atoms in total. The number of para-hydroxylation sites is 1. The predicted molar refractivity (Wildman–Crippen MR) is 111 cm³/mol. The predicted octanol–water partition coefficient (Wildman–Crippen LogP) is 5.46. The molecular weight excluding hydrogens is 391 g/mol. The lowest BCUT2D eigenvalue weighted by Crippen LogP contribution is -2.33. The summed E-state index contributed by atoms with van der Waals surface area (Å²) in [7, 11) is 0. The van der Waals surface area contributed by atoms with Gasteiger partial charge in [0.2, 0.25) is 11.7 Å². The van der Waals surface area contributed by atoms with Crippen molar-refractivity contribution in [3.8, 4) is 11.4 Å². The van der Waals surface area contributed by atoms with Crippen LogP contribution in [-0.2, 0) is 0 Å². The van der Waals surface area contributed by atoms with Gasteiger partial charge in [-0.05, 0) is 43.2 Å². The largest absolute Gasteiger partial charge is 0.371 e. The fraction of sp³-hybridized carbons (Fsp3) is 0.227. The van der Waals surface area contributed by atoms with E-state index in [0.717, 1.165) is 31.4 Å². The second-order valence-corrected chi connectivity index (χ2v) is 7.60. The zero-order chi connectivity index (χ0) is 19.8. The Balaban J connectivity index is 1.33. The standard InChI is InChI=1S/C22H18ClFN4O/c23-18-13-15(24)5-6-16(18)21-26-22(29-27-21)14-8-11-28(12-9-14)20-7-10-25-19-4-2-1-3-17(19)20/h1-7,10,13-14H,8-9,11-12H2. The SMILES string of the molecule is Fc1ccc(-c2noc(C3CCN(c4ccnc5ccccc45)CC3)n2)c(Cl)c1. The quantitative estimate of drug-likeness (QED) is 0.450. The number of nitrogens with zero attached hydrogens (tertiary/aromatic N) is 4. The van der Waals surface area contributed by atoms with Gasteiger partial charge in [0.05, 0.1) is 10.5 Å². The number of benzene rings is 2. The van der Waals surface area contributed by atoms with Crippen molar-refractivity contribution in [1.29, 1.82) is 0 Å². The summed E-state index contributed by atoms with van der Waals surface area (Å²) in [4.78, 5) is 11.4. The molecule has 1 saturated heterocycles. The van der Waals surface area contributed by atoms with Gasteiger partial charge in [-0.2, -0.15) is 4.98 Å². The highest BCUT2D eigenvalue weighted by Gasteiger charge is 2.26. The molecule has 4 aromatic rings. The van der Waals surface area contributed by atoms with E-state index in [1.807, 2.05) is 24.4 Å². The lowest BCUT2D eigenvalue weighted by molar-refractivity contribution is 0.329. The van der Waals surface area contributed by atoms with Gasteiger partial charge in [0.25, 0.3) is 0 Å². The number of hydrogen-bond donors (Lipinski definition) is 0. The maximum Gasteiger partial charge on any atom is 0.230 e. The number of piperidine rings is 1. The van der Waals surface area contributed by atoms with Gasteiger partial charge in [0.15, 0.2) is 0 Å². The number of pyridine rings is 1. The Bertz CT molecular complexity index is 1170. The van der Waals surface area contributed by atoms with E-state index in [1.165, 1.54) is 23.2 Å². The van der Waals surface area contributed by atoms with Crippen molar-refractivity contribution in [2.75, 3.05) is 18.0 Å². The topological polar surface area (TPSA) is 55.1 Å². The smallest absolute Gasteiger partial charge is 0.230 e. The Morgan fingerprint density at radius 1 is 1.07 bits per heavy atom. The Kier molecular flexibility index (Phi) is 4.64. The minimum absolute atomic E-state index is 0.194. The van der Waals surface area contributed by atoms with Gasteiger partial charge >= 0.3 is 0 Å². The number of anilines is 1. The van der Waals surface area contributed by atoms with Gasteiger partial charge < -0.3 is 9.42 Å². The molecule has 1 aliphatic rings. The normalized spacial score (nSPS) is 15.2. The van der Waals surface area contributed by atoms with Crippen LogP contribution in [0.2, 0.25) is 5.02 Å². The second-order valence-electron chi connectivity index (χ2n) is 7.19. The molecule has 5 rings (SSSR count). The van der Waals surface area contributed by atoms with Gasteiger partial charge in [-0.15, -0.1) is 0 Å². The third-order valence-corrected chi connectivity index (χ3v) is 5.74. The summed E-state index contributed by atoms with van der Waals surface area (Å²) >= 11 is 6.12. The fourth-order valence-electron chi connectivity index (χ4n) is 3.91. The van der Waals surface area contributed by atoms with Crippen LogP contribution in [-0.4, -0.2) is 28.2 Å².